The van der Waals surface area contributed by atoms with E-state index in [1.165, 1.54) is 0 Å². The van der Waals surface area contributed by atoms with E-state index < -0.39 is 5.76 Å². The van der Waals surface area contributed by atoms with E-state index in [-0.39, 0.29) is 0 Å². The topological polar surface area (TPSA) is 26.0 Å². The molecule has 0 unspecified atom stereocenters. The van der Waals surface area contributed by atoms with Gasteiger partial charge in [-0.3, -0.25) is 0 Å². The second kappa shape index (κ2) is 5.98. The lowest BCUT2D eigenvalue weighted by molar-refractivity contribution is 0.252. The van der Waals surface area contributed by atoms with Crippen LogP contribution in [0.4, 0.5) is 8.78 Å². The van der Waals surface area contributed by atoms with Crippen molar-refractivity contribution >= 4 is 11.8 Å². The minimum Gasteiger partial charge on any atom is -0.326 e. The fraction of sp³-hybridized carbons (Fsp3) is 0.143. The zero-order valence-corrected chi connectivity index (χ0v) is 10.5. The van der Waals surface area contributed by atoms with E-state index in [1.807, 2.05) is 36.4 Å². The monoisotopic (exact) mass is 265 g/mol. The fourth-order valence-electron chi connectivity index (χ4n) is 1.71. The minimum atomic E-state index is -2.38. The highest BCUT2D eigenvalue weighted by molar-refractivity contribution is 7.99. The van der Waals surface area contributed by atoms with E-state index in [0.29, 0.717) is 23.2 Å². The summed E-state index contributed by atoms with van der Waals surface area (Å²) in [7, 11) is 0. The molecule has 0 saturated carbocycles. The van der Waals surface area contributed by atoms with Gasteiger partial charge in [0.25, 0.3) is 5.76 Å². The van der Waals surface area contributed by atoms with Crippen LogP contribution in [-0.4, -0.2) is 5.76 Å². The summed E-state index contributed by atoms with van der Waals surface area (Å²) in [6, 6.07) is 15.0. The lowest BCUT2D eigenvalue weighted by Gasteiger charge is -2.05. The molecule has 0 radical (unpaired) electrons. The zero-order valence-electron chi connectivity index (χ0n) is 9.64. The largest absolute Gasteiger partial charge is 0.326 e. The lowest BCUT2D eigenvalue weighted by Crippen LogP contribution is -1.95. The Bertz CT molecular complexity index is 511. The number of halogens is 2. The first-order valence-electron chi connectivity index (χ1n) is 5.53. The first kappa shape index (κ1) is 13.1. The number of hydrogen-bond acceptors (Lipinski definition) is 2. The Morgan fingerprint density at radius 1 is 1.00 bits per heavy atom. The van der Waals surface area contributed by atoms with E-state index in [4.69, 9.17) is 5.73 Å². The van der Waals surface area contributed by atoms with Crippen molar-refractivity contribution < 1.29 is 8.78 Å². The van der Waals surface area contributed by atoms with Gasteiger partial charge in [0.05, 0.1) is 0 Å². The van der Waals surface area contributed by atoms with Crippen molar-refractivity contribution in [2.45, 2.75) is 17.2 Å². The second-order valence-corrected chi connectivity index (χ2v) is 4.87. The molecule has 94 valence electrons. The van der Waals surface area contributed by atoms with Gasteiger partial charge in [-0.05, 0) is 34.9 Å². The molecule has 0 atom stereocenters. The Labute approximate surface area is 109 Å². The molecule has 0 saturated heterocycles. The summed E-state index contributed by atoms with van der Waals surface area (Å²) in [4.78, 5) is 0.573. The van der Waals surface area contributed by atoms with Crippen LogP contribution in [0.5, 0.6) is 0 Å². The van der Waals surface area contributed by atoms with Crippen molar-refractivity contribution in [1.82, 2.24) is 0 Å². The molecule has 0 aromatic heterocycles. The van der Waals surface area contributed by atoms with Crippen molar-refractivity contribution in [3.63, 3.8) is 0 Å². The molecule has 0 spiro atoms. The highest BCUT2D eigenvalue weighted by Gasteiger charge is 2.05. The van der Waals surface area contributed by atoms with Crippen molar-refractivity contribution in [1.29, 1.82) is 0 Å². The third-order valence-electron chi connectivity index (χ3n) is 2.58. The highest BCUT2D eigenvalue weighted by atomic mass is 32.2. The molecule has 2 N–H and O–H groups in total. The van der Waals surface area contributed by atoms with Gasteiger partial charge in [0.15, 0.2) is 0 Å². The van der Waals surface area contributed by atoms with Crippen LogP contribution in [-0.2, 0) is 6.54 Å². The van der Waals surface area contributed by atoms with Gasteiger partial charge in [-0.2, -0.15) is 8.78 Å². The van der Waals surface area contributed by atoms with Crippen molar-refractivity contribution in [3.05, 3.63) is 54.1 Å². The average molecular weight is 265 g/mol. The molecule has 0 aliphatic heterocycles. The second-order valence-electron chi connectivity index (χ2n) is 3.81. The SMILES string of the molecule is NCc1cccc(-c2ccc(SC(F)F)cc2)c1. The third-order valence-corrected chi connectivity index (χ3v) is 3.30. The van der Waals surface area contributed by atoms with Crippen LogP contribution in [0, 0.1) is 0 Å². The number of benzene rings is 2. The molecule has 0 aliphatic carbocycles. The lowest BCUT2D eigenvalue weighted by atomic mass is 10.0. The Balaban J connectivity index is 2.22. The molecule has 1 nitrogen and oxygen atoms in total. The molecule has 0 heterocycles. The van der Waals surface area contributed by atoms with Gasteiger partial charge in [-0.15, -0.1) is 0 Å². The van der Waals surface area contributed by atoms with Gasteiger partial charge in [0.1, 0.15) is 0 Å². The van der Waals surface area contributed by atoms with Gasteiger partial charge in [-0.1, -0.05) is 42.1 Å². The van der Waals surface area contributed by atoms with Crippen LogP contribution in [0.15, 0.2) is 53.4 Å². The molecular formula is C14H13F2NS. The number of rotatable bonds is 4. The highest BCUT2D eigenvalue weighted by Crippen LogP contribution is 2.28. The van der Waals surface area contributed by atoms with Gasteiger partial charge in [0, 0.05) is 11.4 Å². The molecule has 2 rings (SSSR count). The number of nitrogens with two attached hydrogens (primary N) is 1. The predicted molar refractivity (Wildman–Crippen MR) is 71.6 cm³/mol. The van der Waals surface area contributed by atoms with Crippen molar-refractivity contribution in [2.75, 3.05) is 0 Å². The Hall–Kier alpha value is -1.39. The maximum atomic E-state index is 12.2. The van der Waals surface area contributed by atoms with Crippen LogP contribution in [0.3, 0.4) is 0 Å². The molecule has 4 heteroatoms. The van der Waals surface area contributed by atoms with E-state index in [1.54, 1.807) is 12.1 Å². The normalized spacial score (nSPS) is 10.9. The summed E-state index contributed by atoms with van der Waals surface area (Å²) in [5, 5.41) is 0. The van der Waals surface area contributed by atoms with Gasteiger partial charge in [-0.25, -0.2) is 0 Å². The Kier molecular flexibility index (Phi) is 4.33. The maximum Gasteiger partial charge on any atom is 0.288 e. The van der Waals surface area contributed by atoms with Crippen LogP contribution < -0.4 is 5.73 Å². The van der Waals surface area contributed by atoms with E-state index in [9.17, 15) is 8.78 Å². The number of thioether (sulfide) groups is 1. The minimum absolute atomic E-state index is 0.493. The summed E-state index contributed by atoms with van der Waals surface area (Å²) in [6.07, 6.45) is 0. The standard InChI is InChI=1S/C14H13F2NS/c15-14(16)18-13-6-4-11(5-7-13)12-3-1-2-10(8-12)9-17/h1-8,14H,9,17H2. The van der Waals surface area contributed by atoms with Crippen LogP contribution in [0.2, 0.25) is 0 Å². The average Bonchev–Trinajstić information content (AvgIpc) is 2.39. The fourth-order valence-corrected chi connectivity index (χ4v) is 2.21. The summed E-state index contributed by atoms with van der Waals surface area (Å²) in [6.45, 7) is 0.493. The predicted octanol–water partition coefficient (Wildman–Crippen LogP) is 4.13. The first-order chi connectivity index (χ1) is 8.69. The molecule has 18 heavy (non-hydrogen) atoms. The van der Waals surface area contributed by atoms with Crippen LogP contribution >= 0.6 is 11.8 Å². The summed E-state index contributed by atoms with van der Waals surface area (Å²) < 4.78 is 24.4. The Morgan fingerprint density at radius 3 is 2.33 bits per heavy atom. The van der Waals surface area contributed by atoms with E-state index >= 15 is 0 Å². The maximum absolute atomic E-state index is 12.2. The van der Waals surface area contributed by atoms with Gasteiger partial charge >= 0.3 is 0 Å². The van der Waals surface area contributed by atoms with E-state index in [0.717, 1.165) is 16.7 Å². The molecule has 0 aliphatic rings. The summed E-state index contributed by atoms with van der Waals surface area (Å²) in [5.74, 6) is -2.38. The summed E-state index contributed by atoms with van der Waals surface area (Å²) in [5.41, 5.74) is 8.69. The van der Waals surface area contributed by atoms with Crippen molar-refractivity contribution in [2.24, 2.45) is 5.73 Å². The molecule has 0 bridgehead atoms. The van der Waals surface area contributed by atoms with Gasteiger partial charge in [0.2, 0.25) is 0 Å². The molecule has 2 aromatic carbocycles. The first-order valence-corrected chi connectivity index (χ1v) is 6.41. The molecular weight excluding hydrogens is 252 g/mol. The quantitative estimate of drug-likeness (QED) is 0.841. The number of alkyl halides is 2. The van der Waals surface area contributed by atoms with Crippen LogP contribution in [0.1, 0.15) is 5.56 Å². The number of hydrogen-bond donors (Lipinski definition) is 1. The van der Waals surface area contributed by atoms with Crippen molar-refractivity contribution in [3.8, 4) is 11.1 Å². The molecule has 2 aromatic rings. The Morgan fingerprint density at radius 2 is 1.72 bits per heavy atom. The van der Waals surface area contributed by atoms with Gasteiger partial charge < -0.3 is 5.73 Å². The van der Waals surface area contributed by atoms with E-state index in [2.05, 4.69) is 0 Å². The zero-order chi connectivity index (χ0) is 13.0. The smallest absolute Gasteiger partial charge is 0.288 e. The molecule has 0 amide bonds. The van der Waals surface area contributed by atoms with Crippen LogP contribution in [0.25, 0.3) is 11.1 Å². The third kappa shape index (κ3) is 3.31. The summed E-state index contributed by atoms with van der Waals surface area (Å²) >= 11 is 0.557. The molecule has 0 fully saturated rings.